The number of methoxy groups -OCH3 is 1. The molecule has 116 valence electrons. The number of benzene rings is 1. The molecule has 0 aliphatic heterocycles. The summed E-state index contributed by atoms with van der Waals surface area (Å²) in [5.74, 6) is 0.825. The SMILES string of the molecule is COc1cc(C)cc(CNC(=O)NC2(C)CCCCC2)c1. The van der Waals surface area contributed by atoms with Gasteiger partial charge in [0, 0.05) is 12.1 Å². The van der Waals surface area contributed by atoms with Crippen LogP contribution in [0.15, 0.2) is 18.2 Å². The molecular weight excluding hydrogens is 264 g/mol. The Morgan fingerprint density at radius 2 is 1.95 bits per heavy atom. The van der Waals surface area contributed by atoms with Gasteiger partial charge in [-0.05, 0) is 49.9 Å². The molecule has 1 aliphatic rings. The summed E-state index contributed by atoms with van der Waals surface area (Å²) < 4.78 is 5.25. The van der Waals surface area contributed by atoms with Crippen molar-refractivity contribution in [1.82, 2.24) is 10.6 Å². The third-order valence-electron chi connectivity index (χ3n) is 4.17. The Labute approximate surface area is 127 Å². The highest BCUT2D eigenvalue weighted by Gasteiger charge is 2.28. The van der Waals surface area contributed by atoms with Crippen molar-refractivity contribution in [3.8, 4) is 5.75 Å². The van der Waals surface area contributed by atoms with Crippen LogP contribution in [0.5, 0.6) is 5.75 Å². The second-order valence-electron chi connectivity index (χ2n) is 6.29. The number of rotatable bonds is 4. The maximum atomic E-state index is 12.1. The zero-order valence-electron chi connectivity index (χ0n) is 13.3. The van der Waals surface area contributed by atoms with Gasteiger partial charge in [0.2, 0.25) is 0 Å². The van der Waals surface area contributed by atoms with E-state index in [0.717, 1.165) is 29.7 Å². The molecule has 1 aliphatic carbocycles. The van der Waals surface area contributed by atoms with Crippen molar-refractivity contribution in [3.63, 3.8) is 0 Å². The van der Waals surface area contributed by atoms with Crippen LogP contribution in [0.4, 0.5) is 4.79 Å². The van der Waals surface area contributed by atoms with Gasteiger partial charge in [0.05, 0.1) is 7.11 Å². The molecule has 1 aromatic carbocycles. The number of carbonyl (C=O) groups excluding carboxylic acids is 1. The fraction of sp³-hybridized carbons (Fsp3) is 0.588. The molecule has 0 heterocycles. The topological polar surface area (TPSA) is 50.4 Å². The van der Waals surface area contributed by atoms with Gasteiger partial charge in [-0.2, -0.15) is 0 Å². The first-order valence-corrected chi connectivity index (χ1v) is 7.71. The standard InChI is InChI=1S/C17H26N2O2/c1-13-9-14(11-15(10-13)21-3)12-18-16(20)19-17(2)7-5-4-6-8-17/h9-11H,4-8,12H2,1-3H3,(H2,18,19,20). The van der Waals surface area contributed by atoms with Crippen molar-refractivity contribution in [2.75, 3.05) is 7.11 Å². The molecule has 0 unspecified atom stereocenters. The molecule has 4 nitrogen and oxygen atoms in total. The molecule has 1 fully saturated rings. The monoisotopic (exact) mass is 290 g/mol. The minimum atomic E-state index is -0.0835. The van der Waals surface area contributed by atoms with Gasteiger partial charge in [0.25, 0.3) is 0 Å². The van der Waals surface area contributed by atoms with Crippen LogP contribution in [-0.2, 0) is 6.54 Å². The first-order valence-electron chi connectivity index (χ1n) is 7.71. The lowest BCUT2D eigenvalue weighted by molar-refractivity contribution is 0.210. The molecule has 2 N–H and O–H groups in total. The van der Waals surface area contributed by atoms with Gasteiger partial charge in [0.1, 0.15) is 5.75 Å². The highest BCUT2D eigenvalue weighted by molar-refractivity contribution is 5.74. The summed E-state index contributed by atoms with van der Waals surface area (Å²) in [7, 11) is 1.66. The number of urea groups is 1. The van der Waals surface area contributed by atoms with E-state index in [9.17, 15) is 4.79 Å². The minimum Gasteiger partial charge on any atom is -0.497 e. The Morgan fingerprint density at radius 3 is 2.62 bits per heavy atom. The summed E-state index contributed by atoms with van der Waals surface area (Å²) in [6.45, 7) is 4.68. The lowest BCUT2D eigenvalue weighted by Gasteiger charge is -2.34. The Balaban J connectivity index is 1.87. The van der Waals surface area contributed by atoms with Gasteiger partial charge in [-0.15, -0.1) is 0 Å². The van der Waals surface area contributed by atoms with Crippen LogP contribution in [-0.4, -0.2) is 18.7 Å². The van der Waals surface area contributed by atoms with Gasteiger partial charge in [-0.25, -0.2) is 4.79 Å². The van der Waals surface area contributed by atoms with Crippen LogP contribution in [0.25, 0.3) is 0 Å². The fourth-order valence-electron chi connectivity index (χ4n) is 3.00. The first kappa shape index (κ1) is 15.7. The van der Waals surface area contributed by atoms with E-state index in [0.29, 0.717) is 6.54 Å². The number of carbonyl (C=O) groups is 1. The minimum absolute atomic E-state index is 0.0490. The number of ether oxygens (including phenoxy) is 1. The summed E-state index contributed by atoms with van der Waals surface area (Å²) in [6, 6.07) is 5.91. The smallest absolute Gasteiger partial charge is 0.315 e. The number of hydrogen-bond acceptors (Lipinski definition) is 2. The number of aryl methyl sites for hydroxylation is 1. The van der Waals surface area contributed by atoms with Crippen LogP contribution >= 0.6 is 0 Å². The van der Waals surface area contributed by atoms with E-state index in [4.69, 9.17) is 4.74 Å². The molecule has 0 bridgehead atoms. The molecule has 0 radical (unpaired) electrons. The molecule has 0 spiro atoms. The first-order chi connectivity index (χ1) is 10.0. The van der Waals surface area contributed by atoms with Gasteiger partial charge in [0.15, 0.2) is 0 Å². The molecule has 4 heteroatoms. The lowest BCUT2D eigenvalue weighted by Crippen LogP contribution is -2.50. The van der Waals surface area contributed by atoms with Crippen molar-refractivity contribution in [1.29, 1.82) is 0 Å². The van der Waals surface area contributed by atoms with Crippen LogP contribution in [0, 0.1) is 6.92 Å². The van der Waals surface area contributed by atoms with E-state index >= 15 is 0 Å². The molecule has 0 saturated heterocycles. The van der Waals surface area contributed by atoms with Crippen molar-refractivity contribution in [2.45, 2.75) is 58.0 Å². The summed E-state index contributed by atoms with van der Waals surface area (Å²) in [5, 5.41) is 6.07. The summed E-state index contributed by atoms with van der Waals surface area (Å²) >= 11 is 0. The maximum absolute atomic E-state index is 12.1. The molecule has 0 aromatic heterocycles. The van der Waals surface area contributed by atoms with Gasteiger partial charge >= 0.3 is 6.03 Å². The van der Waals surface area contributed by atoms with E-state index in [1.807, 2.05) is 19.1 Å². The highest BCUT2D eigenvalue weighted by atomic mass is 16.5. The van der Waals surface area contributed by atoms with Crippen molar-refractivity contribution < 1.29 is 9.53 Å². The Morgan fingerprint density at radius 1 is 1.24 bits per heavy atom. The van der Waals surface area contributed by atoms with Gasteiger partial charge in [-0.1, -0.05) is 25.3 Å². The number of hydrogen-bond donors (Lipinski definition) is 2. The highest BCUT2D eigenvalue weighted by Crippen LogP contribution is 2.27. The fourth-order valence-corrected chi connectivity index (χ4v) is 3.00. The van der Waals surface area contributed by atoms with Crippen molar-refractivity contribution in [3.05, 3.63) is 29.3 Å². The average molecular weight is 290 g/mol. The second kappa shape index (κ2) is 6.83. The van der Waals surface area contributed by atoms with E-state index in [1.165, 1.54) is 19.3 Å². The van der Waals surface area contributed by atoms with E-state index in [-0.39, 0.29) is 11.6 Å². The summed E-state index contributed by atoms with van der Waals surface area (Å²) in [5.41, 5.74) is 2.13. The molecule has 2 rings (SSSR count). The molecule has 1 aromatic rings. The molecular formula is C17H26N2O2. The average Bonchev–Trinajstić information content (AvgIpc) is 2.45. The quantitative estimate of drug-likeness (QED) is 0.891. The van der Waals surface area contributed by atoms with Gasteiger partial charge in [-0.3, -0.25) is 0 Å². The predicted octanol–water partition coefficient (Wildman–Crippen LogP) is 3.53. The van der Waals surface area contributed by atoms with Crippen LogP contribution in [0.1, 0.15) is 50.2 Å². The largest absolute Gasteiger partial charge is 0.497 e. The van der Waals surface area contributed by atoms with E-state index in [1.54, 1.807) is 7.11 Å². The Kier molecular flexibility index (Phi) is 5.10. The summed E-state index contributed by atoms with van der Waals surface area (Å²) in [6.07, 6.45) is 5.82. The maximum Gasteiger partial charge on any atom is 0.315 e. The normalized spacial score (nSPS) is 17.1. The van der Waals surface area contributed by atoms with Crippen LogP contribution < -0.4 is 15.4 Å². The molecule has 21 heavy (non-hydrogen) atoms. The molecule has 2 amide bonds. The van der Waals surface area contributed by atoms with Crippen LogP contribution in [0.2, 0.25) is 0 Å². The third-order valence-corrected chi connectivity index (χ3v) is 4.17. The van der Waals surface area contributed by atoms with E-state index < -0.39 is 0 Å². The number of nitrogens with one attached hydrogen (secondary N) is 2. The van der Waals surface area contributed by atoms with E-state index in [2.05, 4.69) is 23.6 Å². The Bertz CT molecular complexity index is 494. The second-order valence-corrected chi connectivity index (χ2v) is 6.29. The third kappa shape index (κ3) is 4.66. The Hall–Kier alpha value is -1.71. The zero-order valence-corrected chi connectivity index (χ0v) is 13.3. The van der Waals surface area contributed by atoms with Gasteiger partial charge < -0.3 is 15.4 Å². The lowest BCUT2D eigenvalue weighted by atomic mass is 9.83. The summed E-state index contributed by atoms with van der Waals surface area (Å²) in [4.78, 5) is 12.1. The van der Waals surface area contributed by atoms with Crippen molar-refractivity contribution >= 4 is 6.03 Å². The number of amides is 2. The van der Waals surface area contributed by atoms with Crippen molar-refractivity contribution in [2.24, 2.45) is 0 Å². The molecule has 1 saturated carbocycles. The molecule has 0 atom stereocenters. The zero-order chi connectivity index (χ0) is 15.3. The predicted molar refractivity (Wildman–Crippen MR) is 84.6 cm³/mol. The van der Waals surface area contributed by atoms with Crippen LogP contribution in [0.3, 0.4) is 0 Å².